The summed E-state index contributed by atoms with van der Waals surface area (Å²) in [7, 11) is 0. The van der Waals surface area contributed by atoms with Crippen molar-refractivity contribution in [1.82, 2.24) is 9.97 Å². The van der Waals surface area contributed by atoms with Gasteiger partial charge in [0.05, 0.1) is 0 Å². The molecule has 0 saturated carbocycles. The van der Waals surface area contributed by atoms with Gasteiger partial charge in [0.1, 0.15) is 5.75 Å². The van der Waals surface area contributed by atoms with Gasteiger partial charge >= 0.3 is 0 Å². The Morgan fingerprint density at radius 3 is 2.53 bits per heavy atom. The molecule has 1 heterocycles. The van der Waals surface area contributed by atoms with Crippen molar-refractivity contribution in [2.24, 2.45) is 0 Å². The first-order chi connectivity index (χ1) is 8.04. The Labute approximate surface area is 109 Å². The van der Waals surface area contributed by atoms with Crippen LogP contribution in [0, 0.1) is 13.8 Å². The monoisotopic (exact) mass is 268 g/mol. The summed E-state index contributed by atoms with van der Waals surface area (Å²) in [5.74, 6) is 1.07. The standard InChI is InChI=1S/C12H10Cl2N2O/c1-7-3-4-9(13)6-10(7)17-11-5-8(2)15-12(14)16-11/h3-6H,1-2H3. The molecule has 0 aliphatic heterocycles. The highest BCUT2D eigenvalue weighted by molar-refractivity contribution is 6.30. The summed E-state index contributed by atoms with van der Waals surface area (Å²) in [5, 5.41) is 0.780. The molecule has 0 bridgehead atoms. The number of aromatic nitrogens is 2. The van der Waals surface area contributed by atoms with Crippen LogP contribution in [0.3, 0.4) is 0 Å². The summed E-state index contributed by atoms with van der Waals surface area (Å²) < 4.78 is 5.63. The van der Waals surface area contributed by atoms with Crippen LogP contribution in [0.1, 0.15) is 11.3 Å². The molecule has 2 aromatic rings. The van der Waals surface area contributed by atoms with Crippen molar-refractivity contribution in [1.29, 1.82) is 0 Å². The van der Waals surface area contributed by atoms with E-state index in [0.29, 0.717) is 16.7 Å². The zero-order chi connectivity index (χ0) is 12.4. The van der Waals surface area contributed by atoms with Gasteiger partial charge in [-0.3, -0.25) is 0 Å². The van der Waals surface area contributed by atoms with Gasteiger partial charge in [0.2, 0.25) is 11.2 Å². The van der Waals surface area contributed by atoms with Gasteiger partial charge in [0.15, 0.2) is 0 Å². The molecule has 5 heteroatoms. The van der Waals surface area contributed by atoms with E-state index in [1.165, 1.54) is 0 Å². The average Bonchev–Trinajstić information content (AvgIpc) is 2.22. The van der Waals surface area contributed by atoms with Gasteiger partial charge in [-0.2, -0.15) is 4.98 Å². The molecule has 0 aliphatic carbocycles. The fraction of sp³-hybridized carbons (Fsp3) is 0.167. The summed E-state index contributed by atoms with van der Waals surface area (Å²) >= 11 is 11.7. The van der Waals surface area contributed by atoms with Gasteiger partial charge < -0.3 is 4.74 Å². The van der Waals surface area contributed by atoms with Crippen molar-refractivity contribution < 1.29 is 4.74 Å². The minimum absolute atomic E-state index is 0.166. The highest BCUT2D eigenvalue weighted by atomic mass is 35.5. The van der Waals surface area contributed by atoms with Gasteiger partial charge in [-0.15, -0.1) is 0 Å². The highest BCUT2D eigenvalue weighted by Gasteiger charge is 2.05. The SMILES string of the molecule is Cc1cc(Oc2cc(Cl)ccc2C)nc(Cl)n1. The quantitative estimate of drug-likeness (QED) is 0.766. The van der Waals surface area contributed by atoms with Crippen molar-refractivity contribution in [3.8, 4) is 11.6 Å². The van der Waals surface area contributed by atoms with Gasteiger partial charge in [0, 0.05) is 16.8 Å². The molecule has 0 spiro atoms. The molecule has 0 fully saturated rings. The zero-order valence-corrected chi connectivity index (χ0v) is 10.9. The Morgan fingerprint density at radius 2 is 1.82 bits per heavy atom. The Kier molecular flexibility index (Phi) is 3.50. The molecule has 2 rings (SSSR count). The van der Waals surface area contributed by atoms with Crippen LogP contribution in [0.5, 0.6) is 11.6 Å². The second-order valence-corrected chi connectivity index (χ2v) is 4.40. The maximum atomic E-state index is 5.91. The number of halogens is 2. The first-order valence-corrected chi connectivity index (χ1v) is 5.75. The molecular weight excluding hydrogens is 259 g/mol. The molecular formula is C12H10Cl2N2O. The molecule has 1 aromatic carbocycles. The number of nitrogens with zero attached hydrogens (tertiary/aromatic N) is 2. The topological polar surface area (TPSA) is 35.0 Å². The molecule has 88 valence electrons. The van der Waals surface area contributed by atoms with Gasteiger partial charge in [-0.1, -0.05) is 17.7 Å². The lowest BCUT2D eigenvalue weighted by atomic mass is 10.2. The van der Waals surface area contributed by atoms with Crippen LogP contribution >= 0.6 is 23.2 Å². The molecule has 0 amide bonds. The van der Waals surface area contributed by atoms with E-state index in [4.69, 9.17) is 27.9 Å². The fourth-order valence-corrected chi connectivity index (χ4v) is 1.73. The van der Waals surface area contributed by atoms with E-state index in [2.05, 4.69) is 9.97 Å². The summed E-state index contributed by atoms with van der Waals surface area (Å²) in [6, 6.07) is 7.14. The van der Waals surface area contributed by atoms with E-state index < -0.39 is 0 Å². The Hall–Kier alpha value is -1.32. The Balaban J connectivity index is 2.34. The predicted octanol–water partition coefficient (Wildman–Crippen LogP) is 4.19. The first kappa shape index (κ1) is 12.1. The van der Waals surface area contributed by atoms with Crippen molar-refractivity contribution in [3.05, 3.63) is 45.8 Å². The van der Waals surface area contributed by atoms with Crippen LogP contribution in [0.25, 0.3) is 0 Å². The van der Waals surface area contributed by atoms with Crippen molar-refractivity contribution in [2.45, 2.75) is 13.8 Å². The Morgan fingerprint density at radius 1 is 1.06 bits per heavy atom. The summed E-state index contributed by atoms with van der Waals surface area (Å²) in [6.07, 6.45) is 0. The second-order valence-electron chi connectivity index (χ2n) is 3.63. The van der Waals surface area contributed by atoms with E-state index in [1.54, 1.807) is 12.1 Å². The van der Waals surface area contributed by atoms with Crippen LogP contribution in [0.4, 0.5) is 0 Å². The van der Waals surface area contributed by atoms with Crippen LogP contribution in [-0.2, 0) is 0 Å². The number of aryl methyl sites for hydroxylation is 2. The number of hydrogen-bond donors (Lipinski definition) is 0. The summed E-state index contributed by atoms with van der Waals surface area (Å²) in [4.78, 5) is 7.95. The van der Waals surface area contributed by atoms with Gasteiger partial charge in [-0.25, -0.2) is 4.98 Å². The summed E-state index contributed by atoms with van der Waals surface area (Å²) in [5.41, 5.74) is 1.72. The van der Waals surface area contributed by atoms with Gasteiger partial charge in [-0.05, 0) is 43.1 Å². The molecule has 0 atom stereocenters. The summed E-state index contributed by atoms with van der Waals surface area (Å²) in [6.45, 7) is 3.76. The smallest absolute Gasteiger partial charge is 0.225 e. The largest absolute Gasteiger partial charge is 0.439 e. The van der Waals surface area contributed by atoms with Crippen LogP contribution in [0.15, 0.2) is 24.3 Å². The molecule has 0 unspecified atom stereocenters. The number of hydrogen-bond acceptors (Lipinski definition) is 3. The highest BCUT2D eigenvalue weighted by Crippen LogP contribution is 2.27. The molecule has 0 aliphatic rings. The van der Waals surface area contributed by atoms with E-state index in [0.717, 1.165) is 11.3 Å². The third kappa shape index (κ3) is 3.08. The first-order valence-electron chi connectivity index (χ1n) is 5.00. The van der Waals surface area contributed by atoms with Crippen LogP contribution in [0.2, 0.25) is 10.3 Å². The molecule has 0 saturated heterocycles. The molecule has 3 nitrogen and oxygen atoms in total. The number of ether oxygens (including phenoxy) is 1. The lowest BCUT2D eigenvalue weighted by Crippen LogP contribution is -1.94. The molecule has 0 N–H and O–H groups in total. The third-order valence-electron chi connectivity index (χ3n) is 2.17. The minimum Gasteiger partial charge on any atom is -0.439 e. The molecule has 0 radical (unpaired) electrons. The van der Waals surface area contributed by atoms with E-state index in [-0.39, 0.29) is 5.28 Å². The number of rotatable bonds is 2. The van der Waals surface area contributed by atoms with Crippen LogP contribution in [-0.4, -0.2) is 9.97 Å². The van der Waals surface area contributed by atoms with E-state index in [9.17, 15) is 0 Å². The lowest BCUT2D eigenvalue weighted by Gasteiger charge is -2.08. The van der Waals surface area contributed by atoms with Crippen molar-refractivity contribution in [2.75, 3.05) is 0 Å². The van der Waals surface area contributed by atoms with Gasteiger partial charge in [0.25, 0.3) is 0 Å². The average molecular weight is 269 g/mol. The second kappa shape index (κ2) is 4.90. The van der Waals surface area contributed by atoms with Crippen LogP contribution < -0.4 is 4.74 Å². The fourth-order valence-electron chi connectivity index (χ4n) is 1.35. The normalized spacial score (nSPS) is 10.4. The minimum atomic E-state index is 0.166. The Bertz CT molecular complexity index is 538. The van der Waals surface area contributed by atoms with E-state index in [1.807, 2.05) is 26.0 Å². The number of benzene rings is 1. The third-order valence-corrected chi connectivity index (χ3v) is 2.57. The maximum Gasteiger partial charge on any atom is 0.225 e. The van der Waals surface area contributed by atoms with Crippen molar-refractivity contribution >= 4 is 23.2 Å². The molecule has 1 aromatic heterocycles. The maximum absolute atomic E-state index is 5.91. The predicted molar refractivity (Wildman–Crippen MR) is 68.0 cm³/mol. The molecule has 17 heavy (non-hydrogen) atoms. The zero-order valence-electron chi connectivity index (χ0n) is 9.37. The van der Waals surface area contributed by atoms with E-state index >= 15 is 0 Å². The van der Waals surface area contributed by atoms with Crippen molar-refractivity contribution in [3.63, 3.8) is 0 Å². The lowest BCUT2D eigenvalue weighted by molar-refractivity contribution is 0.457.